The number of nitrogens with zero attached hydrogens (tertiary/aromatic N) is 2. The number of nitrogens with one attached hydrogen (secondary N) is 9. The summed E-state index contributed by atoms with van der Waals surface area (Å²) in [6.45, 7) is 20.0. The first-order valence-electron chi connectivity index (χ1n) is 35.1. The third kappa shape index (κ3) is 23.2. The maximum absolute atomic E-state index is 15.5. The average molecular weight is 1410 g/mol. The number of ether oxygens (including phenoxy) is 5. The lowest BCUT2D eigenvalue weighted by atomic mass is 9.97. The van der Waals surface area contributed by atoms with Crippen molar-refractivity contribution in [1.82, 2.24) is 57.7 Å². The van der Waals surface area contributed by atoms with E-state index in [0.717, 1.165) is 11.1 Å². The molecule has 0 radical (unpaired) electrons. The molecule has 25 heteroatoms. The fourth-order valence-corrected chi connectivity index (χ4v) is 12.0. The highest BCUT2D eigenvalue weighted by Crippen LogP contribution is 2.37. The molecule has 0 aromatic heterocycles. The van der Waals surface area contributed by atoms with Gasteiger partial charge in [-0.1, -0.05) is 60.7 Å². The van der Waals surface area contributed by atoms with Crippen LogP contribution in [-0.2, 0) is 27.4 Å². The molecule has 0 saturated heterocycles. The number of alkyl carbamates (subject to hydrolysis) is 1. The zero-order valence-corrected chi connectivity index (χ0v) is 60.6. The van der Waals surface area contributed by atoms with Crippen LogP contribution in [0, 0.1) is 41.5 Å². The van der Waals surface area contributed by atoms with Crippen molar-refractivity contribution < 1.29 is 66.8 Å². The summed E-state index contributed by atoms with van der Waals surface area (Å²) in [5.74, 6) is -3.16. The Morgan fingerprint density at radius 3 is 1.19 bits per heavy atom. The molecule has 0 aliphatic carbocycles. The van der Waals surface area contributed by atoms with Gasteiger partial charge in [-0.05, 0) is 168 Å². The Morgan fingerprint density at radius 1 is 0.427 bits per heavy atom. The number of hydrogen-bond donors (Lipinski definition) is 9. The smallest absolute Gasteiger partial charge is 0.407 e. The lowest BCUT2D eigenvalue weighted by Crippen LogP contribution is -2.48. The minimum absolute atomic E-state index is 0.00425. The van der Waals surface area contributed by atoms with E-state index in [2.05, 4.69) is 47.9 Å². The van der Waals surface area contributed by atoms with E-state index in [4.69, 9.17) is 23.7 Å². The molecular weight excluding hydrogens is 1310 g/mol. The molecule has 1 atom stereocenters. The van der Waals surface area contributed by atoms with Crippen LogP contribution in [0.3, 0.4) is 0 Å². The van der Waals surface area contributed by atoms with Crippen molar-refractivity contribution >= 4 is 53.4 Å². The van der Waals surface area contributed by atoms with Crippen LogP contribution < -0.4 is 57.3 Å². The third-order valence-electron chi connectivity index (χ3n) is 18.1. The van der Waals surface area contributed by atoms with E-state index < -0.39 is 29.6 Å². The SMILES string of the molecule is Cc1c(C(=O)NCCCC2CN3CCNC(=O)c4ccc(c(C)c4C)C(=O)NCCN(CCNC(=O)c4ccc(c(C)c4C)C(=O)NCC3)CCNC(=O)c3ccc(c(OCc4ccccc4)c3OCc3ccccc3)C(=O)N2)ccc(C(=O)NCCOCCOCCNC(=O)OC(C)(C)C)c1C. The Morgan fingerprint density at radius 2 is 0.786 bits per heavy atom. The van der Waals surface area contributed by atoms with Crippen LogP contribution in [0.5, 0.6) is 11.5 Å². The number of carbonyl (C=O) groups is 9. The van der Waals surface area contributed by atoms with Crippen molar-refractivity contribution in [2.45, 2.75) is 100 Å². The van der Waals surface area contributed by atoms with Gasteiger partial charge in [-0.15, -0.1) is 0 Å². The molecule has 9 amide bonds. The molecule has 0 saturated carbocycles. The van der Waals surface area contributed by atoms with E-state index in [1.54, 1.807) is 98.7 Å². The first kappa shape index (κ1) is 78.5. The number of rotatable bonds is 21. The maximum Gasteiger partial charge on any atom is 0.407 e. The second-order valence-electron chi connectivity index (χ2n) is 26.5. The van der Waals surface area contributed by atoms with Crippen molar-refractivity contribution in [2.24, 2.45) is 0 Å². The molecule has 25 nitrogen and oxygen atoms in total. The largest absolute Gasteiger partial charge is 0.484 e. The molecular formula is C78H99N11O14. The van der Waals surface area contributed by atoms with Crippen molar-refractivity contribution in [2.75, 3.05) is 118 Å². The zero-order chi connectivity index (χ0) is 74.0. The number of benzene rings is 6. The number of amides is 9. The minimum Gasteiger partial charge on any atom is -0.484 e. The van der Waals surface area contributed by atoms with Gasteiger partial charge in [0.25, 0.3) is 47.3 Å². The van der Waals surface area contributed by atoms with Crippen LogP contribution in [0.15, 0.2) is 109 Å². The Hall–Kier alpha value is -10.2. The molecule has 6 aromatic rings. The number of hydrogen-bond acceptors (Lipinski definition) is 16. The lowest BCUT2D eigenvalue weighted by Gasteiger charge is -2.29. The van der Waals surface area contributed by atoms with Gasteiger partial charge >= 0.3 is 6.09 Å². The Balaban J connectivity index is 1.08. The van der Waals surface area contributed by atoms with E-state index in [9.17, 15) is 38.4 Å². The number of carbonyl (C=O) groups excluding carboxylic acids is 9. The summed E-state index contributed by atoms with van der Waals surface area (Å²) >= 11 is 0. The average Bonchev–Trinajstić information content (AvgIpc) is 0.785. The van der Waals surface area contributed by atoms with Gasteiger partial charge in [-0.25, -0.2) is 4.79 Å². The fourth-order valence-electron chi connectivity index (χ4n) is 12.0. The Kier molecular flexibility index (Phi) is 29.5. The monoisotopic (exact) mass is 1410 g/mol. The minimum atomic E-state index is -0.693. The van der Waals surface area contributed by atoms with Crippen LogP contribution in [-0.4, -0.2) is 193 Å². The normalized spacial score (nSPS) is 16.7. The highest BCUT2D eigenvalue weighted by Gasteiger charge is 2.29. The molecule has 18 rings (SSSR count). The van der Waals surface area contributed by atoms with Gasteiger partial charge in [0.05, 0.1) is 37.6 Å². The fraction of sp³-hybridized carbons (Fsp3) is 0.423. The van der Waals surface area contributed by atoms with Crippen LogP contribution in [0.2, 0.25) is 0 Å². The second-order valence-corrected chi connectivity index (χ2v) is 26.5. The van der Waals surface area contributed by atoms with E-state index in [1.807, 2.05) is 70.5 Å². The Labute approximate surface area is 603 Å². The van der Waals surface area contributed by atoms with Gasteiger partial charge in [0.15, 0.2) is 11.5 Å². The summed E-state index contributed by atoms with van der Waals surface area (Å²) in [6.07, 6.45) is 0.103. The van der Waals surface area contributed by atoms with E-state index in [0.29, 0.717) is 86.3 Å². The molecule has 103 heavy (non-hydrogen) atoms. The van der Waals surface area contributed by atoms with Crippen molar-refractivity contribution in [1.29, 1.82) is 0 Å². The van der Waals surface area contributed by atoms with E-state index in [-0.39, 0.29) is 183 Å². The highest BCUT2D eigenvalue weighted by atomic mass is 16.6. The van der Waals surface area contributed by atoms with Gasteiger partial charge in [-0.2, -0.15) is 0 Å². The molecule has 6 aromatic carbocycles. The maximum atomic E-state index is 15.5. The quantitative estimate of drug-likeness (QED) is 0.0329. The molecule has 0 fully saturated rings. The summed E-state index contributed by atoms with van der Waals surface area (Å²) in [5, 5.41) is 27.1. The van der Waals surface area contributed by atoms with Crippen molar-refractivity contribution in [3.05, 3.63) is 198 Å². The lowest BCUT2D eigenvalue weighted by molar-refractivity contribution is 0.0399. The molecule has 9 N–H and O–H groups in total. The standard InChI is InChI=1S/C78H99N11O14/c1-50-55(6)64(74(95)85-36-43-99-45-46-100-44-37-86-77(98)103-78(7,8)9)27-22-59(50)69(90)79-30-16-21-58-47-89-41-34-82-72(93)62-25-23-60(51(2)53(62)4)70(91)80-31-38-88(39-32-81-71(92)61-24-26-63(54(5)52(61)3)73(94)83-35-42-89)40-33-84-75(96)65-28-29-66(76(97)87-58)68(102-49-57-19-14-11-15-20-57)67(65)101-48-56-17-12-10-13-18-56/h10-15,17-20,22-29,58H,16,21,30-49H2,1-9H3,(H,79,90)(H,80,91)(H,81,92)(H,82,93)(H,83,94)(H,84,96)(H,85,95)(H,86,98)(H,87,97). The van der Waals surface area contributed by atoms with Crippen LogP contribution in [0.1, 0.15) is 161 Å². The Bertz CT molecular complexity index is 3880. The van der Waals surface area contributed by atoms with Crippen LogP contribution >= 0.6 is 0 Å². The third-order valence-corrected chi connectivity index (χ3v) is 18.1. The van der Waals surface area contributed by atoms with Gasteiger partial charge < -0.3 is 71.5 Å². The van der Waals surface area contributed by atoms with Crippen LogP contribution in [0.4, 0.5) is 4.79 Å². The topological polar surface area (TPSA) is 315 Å². The molecule has 1 unspecified atom stereocenters. The van der Waals surface area contributed by atoms with Gasteiger partial charge in [0.2, 0.25) is 0 Å². The summed E-state index contributed by atoms with van der Waals surface area (Å²) in [4.78, 5) is 130. The van der Waals surface area contributed by atoms with Crippen molar-refractivity contribution in [3.8, 4) is 11.5 Å². The van der Waals surface area contributed by atoms with E-state index in [1.165, 1.54) is 12.1 Å². The summed E-state index contributed by atoms with van der Waals surface area (Å²) < 4.78 is 29.7. The predicted molar refractivity (Wildman–Crippen MR) is 391 cm³/mol. The summed E-state index contributed by atoms with van der Waals surface area (Å²) in [5.41, 5.74) is 7.14. The van der Waals surface area contributed by atoms with Crippen LogP contribution in [0.25, 0.3) is 0 Å². The second kappa shape index (κ2) is 38.7. The van der Waals surface area contributed by atoms with E-state index >= 15 is 4.79 Å². The van der Waals surface area contributed by atoms with Crippen molar-refractivity contribution in [3.63, 3.8) is 0 Å². The zero-order valence-electron chi connectivity index (χ0n) is 60.6. The predicted octanol–water partition coefficient (Wildman–Crippen LogP) is 6.97. The summed E-state index contributed by atoms with van der Waals surface area (Å²) in [6, 6.07) is 30.8. The molecule has 8 bridgehead atoms. The van der Waals surface area contributed by atoms with Gasteiger partial charge in [0.1, 0.15) is 18.8 Å². The first-order valence-corrected chi connectivity index (χ1v) is 35.1. The van der Waals surface area contributed by atoms with Gasteiger partial charge in [0, 0.05) is 131 Å². The molecule has 12 aliphatic heterocycles. The molecule has 0 spiro atoms. The highest BCUT2D eigenvalue weighted by molar-refractivity contribution is 6.04. The molecule has 12 aliphatic rings. The van der Waals surface area contributed by atoms with Gasteiger partial charge in [-0.3, -0.25) is 48.2 Å². The first-order chi connectivity index (χ1) is 49.5. The molecule has 550 valence electrons. The molecule has 12 heterocycles. The summed E-state index contributed by atoms with van der Waals surface area (Å²) in [7, 11) is 0.